The van der Waals surface area contributed by atoms with Crippen molar-refractivity contribution in [3.8, 4) is 0 Å². The number of benzene rings is 2. The Morgan fingerprint density at radius 2 is 1.72 bits per heavy atom. The van der Waals surface area contributed by atoms with Gasteiger partial charge < -0.3 is 21.3 Å². The lowest BCUT2D eigenvalue weighted by Gasteiger charge is -2.29. The molecule has 1 saturated heterocycles. The van der Waals surface area contributed by atoms with Gasteiger partial charge in [0.15, 0.2) is 11.6 Å². The fourth-order valence-electron chi connectivity index (χ4n) is 5.39. The quantitative estimate of drug-likeness (QED) is 0.266. The summed E-state index contributed by atoms with van der Waals surface area (Å²) in [5, 5.41) is 7.60. The Hall–Kier alpha value is -4.78. The van der Waals surface area contributed by atoms with E-state index in [2.05, 4.69) is 10.6 Å². The summed E-state index contributed by atoms with van der Waals surface area (Å²) in [6.07, 6.45) is 0.564. The second-order valence-corrected chi connectivity index (χ2v) is 10.8. The summed E-state index contributed by atoms with van der Waals surface area (Å²) >= 11 is 0. The van der Waals surface area contributed by atoms with Crippen LogP contribution in [0.15, 0.2) is 48.5 Å². The van der Waals surface area contributed by atoms with E-state index >= 15 is 0 Å². The predicted octanol–water partition coefficient (Wildman–Crippen LogP) is -0.489. The van der Waals surface area contributed by atoms with Crippen molar-refractivity contribution < 1.29 is 34.1 Å². The fraction of sp³-hybridized carbons (Fsp3) is 0.400. The molecule has 5 N–H and O–H groups in total. The molecule has 0 radical (unpaired) electrons. The number of nitrogens with one attached hydrogen (secondary N) is 3. The van der Waals surface area contributed by atoms with Crippen LogP contribution in [0.5, 0.6) is 0 Å². The molecule has 13 nitrogen and oxygen atoms in total. The lowest BCUT2D eigenvalue weighted by atomic mass is 9.91. The van der Waals surface area contributed by atoms with Crippen LogP contribution in [-0.2, 0) is 25.6 Å². The normalized spacial score (nSPS) is 18.6. The highest BCUT2D eigenvalue weighted by molar-refractivity contribution is 6.17. The third-order valence-corrected chi connectivity index (χ3v) is 7.63. The molecule has 13 heteroatoms. The molecule has 1 fully saturated rings. The summed E-state index contributed by atoms with van der Waals surface area (Å²) in [6.45, 7) is 3.30. The number of hydrogen-bond donors (Lipinski definition) is 4. The van der Waals surface area contributed by atoms with E-state index in [-0.39, 0.29) is 36.1 Å². The van der Waals surface area contributed by atoms with Crippen molar-refractivity contribution in [3.05, 3.63) is 70.1 Å². The number of hydrazine groups is 1. The summed E-state index contributed by atoms with van der Waals surface area (Å²) in [5.74, 6) is -3.19. The summed E-state index contributed by atoms with van der Waals surface area (Å²) in [4.78, 5) is 91.6. The van der Waals surface area contributed by atoms with Crippen LogP contribution in [-0.4, -0.2) is 70.8 Å². The van der Waals surface area contributed by atoms with E-state index in [1.807, 2.05) is 6.07 Å². The highest BCUT2D eigenvalue weighted by atomic mass is 16.3. The summed E-state index contributed by atoms with van der Waals surface area (Å²) in [5.41, 5.74) is 6.18. The van der Waals surface area contributed by atoms with Crippen LogP contribution < -0.4 is 26.7 Å². The van der Waals surface area contributed by atoms with E-state index in [9.17, 15) is 33.7 Å². The van der Waals surface area contributed by atoms with Crippen LogP contribution in [0.25, 0.3) is 0 Å². The van der Waals surface area contributed by atoms with E-state index in [0.717, 1.165) is 5.56 Å². The number of amides is 4. The highest BCUT2D eigenvalue weighted by Gasteiger charge is 2.39. The number of likely N-dealkylation sites (tertiary alicyclic amines) is 1. The minimum atomic E-state index is -1.14. The molecule has 2 aliphatic heterocycles. The molecule has 0 saturated carbocycles. The van der Waals surface area contributed by atoms with Crippen LogP contribution in [0.1, 0.15) is 65.8 Å². The number of Topliss-reactive ketones (excluding diaryl/α,β-unsaturated/α-hetero) is 2. The third-order valence-electron chi connectivity index (χ3n) is 7.63. The Bertz CT molecular complexity index is 1440. The largest absolute Gasteiger partial charge is 0.344 e. The van der Waals surface area contributed by atoms with Crippen LogP contribution in [0, 0.1) is 4.91 Å². The number of carbonyl (C=O) groups is 6. The van der Waals surface area contributed by atoms with Gasteiger partial charge in [0.2, 0.25) is 17.7 Å². The molecule has 0 bridgehead atoms. The van der Waals surface area contributed by atoms with Gasteiger partial charge in [-0.15, -0.1) is 0 Å². The number of nitrogens with two attached hydrogens (primary N) is 1. The summed E-state index contributed by atoms with van der Waals surface area (Å²) in [6, 6.07) is 9.49. The van der Waals surface area contributed by atoms with E-state index < -0.39 is 59.4 Å². The van der Waals surface area contributed by atoms with Crippen molar-refractivity contribution in [2.75, 3.05) is 11.6 Å². The molecule has 4 rings (SSSR count). The van der Waals surface area contributed by atoms with Gasteiger partial charge in [-0.05, 0) is 43.3 Å². The van der Waals surface area contributed by atoms with Gasteiger partial charge in [-0.1, -0.05) is 42.5 Å². The van der Waals surface area contributed by atoms with Crippen molar-refractivity contribution in [1.29, 1.82) is 0 Å². The SMILES string of the molecule is C[C@H](N)C(=O)N[C@@H](C)C(=O)N1CCC[C@H]1C(=O)N[C@@H](Cc1ccccc1)C(=O)c1cccc2c1C(=O)CCC(=O)N2[NH+]=O. The molecule has 2 aromatic rings. The second-order valence-electron chi connectivity index (χ2n) is 10.8. The number of rotatable bonds is 10. The first-order valence-corrected chi connectivity index (χ1v) is 14.1. The molecule has 226 valence electrons. The molecule has 2 aliphatic rings. The maximum absolute atomic E-state index is 14.1. The van der Waals surface area contributed by atoms with Crippen molar-refractivity contribution in [1.82, 2.24) is 15.5 Å². The zero-order chi connectivity index (χ0) is 31.3. The van der Waals surface area contributed by atoms with E-state index in [0.29, 0.717) is 24.4 Å². The first kappa shape index (κ1) is 31.2. The molecule has 4 amide bonds. The number of anilines is 1. The van der Waals surface area contributed by atoms with Crippen molar-refractivity contribution in [3.63, 3.8) is 0 Å². The minimum absolute atomic E-state index is 0.0338. The molecule has 0 spiro atoms. The second kappa shape index (κ2) is 13.5. The summed E-state index contributed by atoms with van der Waals surface area (Å²) in [7, 11) is 0. The van der Waals surface area contributed by atoms with Crippen molar-refractivity contribution >= 4 is 40.9 Å². The van der Waals surface area contributed by atoms with Crippen LogP contribution in [0.4, 0.5) is 5.69 Å². The lowest BCUT2D eigenvalue weighted by molar-refractivity contribution is -0.484. The Balaban J connectivity index is 1.64. The van der Waals surface area contributed by atoms with E-state index in [1.54, 1.807) is 29.6 Å². The molecule has 43 heavy (non-hydrogen) atoms. The number of fused-ring (bicyclic) bond motifs is 1. The monoisotopic (exact) mass is 591 g/mol. The minimum Gasteiger partial charge on any atom is -0.344 e. The smallest absolute Gasteiger partial charge is 0.288 e. The topological polar surface area (TPSA) is 190 Å². The van der Waals surface area contributed by atoms with Gasteiger partial charge in [0.25, 0.3) is 5.91 Å². The van der Waals surface area contributed by atoms with E-state index in [1.165, 1.54) is 36.9 Å². The average Bonchev–Trinajstić information content (AvgIpc) is 3.45. The summed E-state index contributed by atoms with van der Waals surface area (Å²) < 4.78 is 0. The Labute approximate surface area is 248 Å². The Kier molecular flexibility index (Phi) is 9.76. The van der Waals surface area contributed by atoms with Gasteiger partial charge in [0.1, 0.15) is 23.1 Å². The fourth-order valence-corrected chi connectivity index (χ4v) is 5.39. The molecule has 0 unspecified atom stereocenters. The lowest BCUT2D eigenvalue weighted by Crippen LogP contribution is -2.80. The van der Waals surface area contributed by atoms with Gasteiger partial charge in [-0.2, -0.15) is 0 Å². The molecule has 2 aromatic carbocycles. The number of hydrogen-bond acceptors (Lipinski definition) is 8. The predicted molar refractivity (Wildman–Crippen MR) is 154 cm³/mol. The number of carbonyl (C=O) groups excluding carboxylic acids is 6. The van der Waals surface area contributed by atoms with Crippen molar-refractivity contribution in [2.45, 2.75) is 70.1 Å². The number of ketones is 2. The van der Waals surface area contributed by atoms with Crippen LogP contribution in [0.2, 0.25) is 0 Å². The van der Waals surface area contributed by atoms with Gasteiger partial charge in [0.05, 0.1) is 17.6 Å². The van der Waals surface area contributed by atoms with E-state index in [4.69, 9.17) is 5.73 Å². The molecule has 0 aromatic heterocycles. The first-order valence-electron chi connectivity index (χ1n) is 14.1. The molecular weight excluding hydrogens is 556 g/mol. The van der Waals surface area contributed by atoms with Gasteiger partial charge in [0, 0.05) is 36.3 Å². The molecule has 4 atom stereocenters. The molecule has 0 aliphatic carbocycles. The number of nitroso groups, excluding NO2 is 1. The van der Waals surface area contributed by atoms with Gasteiger partial charge >= 0.3 is 0 Å². The van der Waals surface area contributed by atoms with Crippen LogP contribution >= 0.6 is 0 Å². The Morgan fingerprint density at radius 1 is 1.00 bits per heavy atom. The molecular formula is C30H35N6O7+. The Morgan fingerprint density at radius 3 is 2.40 bits per heavy atom. The number of nitrogens with zero attached hydrogens (tertiary/aromatic N) is 2. The van der Waals surface area contributed by atoms with Gasteiger partial charge in [-0.3, -0.25) is 28.8 Å². The maximum atomic E-state index is 14.1. The standard InChI is InChI=1S/C30H34N6O7/c1-17(31)28(40)32-18(2)30(42)35-15-7-12-23(35)29(41)33-21(16-19-8-4-3-5-9-19)27(39)20-10-6-11-22-26(20)24(37)13-14-25(38)36(22)34-43/h3-6,8-11,17-18,21,23H,7,12-16,31H2,1-2H3,(H,32,40)(H,33,41)/p+1/t17-,18-,21-,23-/m0/s1. The zero-order valence-corrected chi connectivity index (χ0v) is 24.0. The molecule has 2 heterocycles. The highest BCUT2D eigenvalue weighted by Crippen LogP contribution is 2.29. The van der Waals surface area contributed by atoms with Crippen molar-refractivity contribution in [2.24, 2.45) is 5.73 Å². The van der Waals surface area contributed by atoms with Gasteiger partial charge in [-0.25, -0.2) is 0 Å². The zero-order valence-electron chi connectivity index (χ0n) is 24.0. The van der Waals surface area contributed by atoms with Crippen LogP contribution in [0.3, 0.4) is 0 Å². The first-order chi connectivity index (χ1) is 20.5. The maximum Gasteiger partial charge on any atom is 0.288 e. The average molecular weight is 592 g/mol. The third kappa shape index (κ3) is 6.83.